The smallest absolute Gasteiger partial charge is 0.410 e. The summed E-state index contributed by atoms with van der Waals surface area (Å²) in [7, 11) is 0. The van der Waals surface area contributed by atoms with E-state index in [9.17, 15) is 4.79 Å². The molecule has 0 saturated carbocycles. The van der Waals surface area contributed by atoms with Crippen LogP contribution in [0.3, 0.4) is 0 Å². The molecule has 0 bridgehead atoms. The predicted octanol–water partition coefficient (Wildman–Crippen LogP) is 3.60. The Morgan fingerprint density at radius 1 is 1.36 bits per heavy atom. The average Bonchev–Trinajstić information content (AvgIpc) is 3.17. The monoisotopic (exact) mass is 308 g/mol. The molecule has 6 heteroatoms. The number of rotatable bonds is 2. The number of amides is 1. The van der Waals surface area contributed by atoms with Crippen LogP contribution in [0.25, 0.3) is 0 Å². The van der Waals surface area contributed by atoms with Crippen molar-refractivity contribution in [2.24, 2.45) is 0 Å². The minimum Gasteiger partial charge on any atom is -0.444 e. The lowest BCUT2D eigenvalue weighted by Gasteiger charge is -2.27. The quantitative estimate of drug-likeness (QED) is 0.835. The van der Waals surface area contributed by atoms with Gasteiger partial charge in [0.05, 0.1) is 6.04 Å². The minimum atomic E-state index is -0.492. The van der Waals surface area contributed by atoms with Crippen LogP contribution in [0.15, 0.2) is 10.6 Å². The van der Waals surface area contributed by atoms with E-state index in [0.29, 0.717) is 6.54 Å². The van der Waals surface area contributed by atoms with Crippen molar-refractivity contribution in [1.82, 2.24) is 10.1 Å². The molecule has 2 aliphatic rings. The SMILES string of the molecule is CC(C)(C)OC(=O)N1CCCC1c1cc(C2CCCO2)no1. The fourth-order valence-corrected chi connectivity index (χ4v) is 3.03. The fourth-order valence-electron chi connectivity index (χ4n) is 3.03. The second kappa shape index (κ2) is 5.91. The third-order valence-corrected chi connectivity index (χ3v) is 4.02. The molecule has 0 radical (unpaired) electrons. The molecule has 22 heavy (non-hydrogen) atoms. The Labute approximate surface area is 130 Å². The number of ether oxygens (including phenoxy) is 2. The van der Waals surface area contributed by atoms with Gasteiger partial charge in [0, 0.05) is 19.2 Å². The molecule has 0 N–H and O–H groups in total. The van der Waals surface area contributed by atoms with E-state index in [-0.39, 0.29) is 18.2 Å². The fraction of sp³-hybridized carbons (Fsp3) is 0.750. The van der Waals surface area contributed by atoms with Crippen LogP contribution < -0.4 is 0 Å². The highest BCUT2D eigenvalue weighted by Gasteiger charge is 2.36. The number of carbonyl (C=O) groups excluding carboxylic acids is 1. The van der Waals surface area contributed by atoms with Gasteiger partial charge in [-0.15, -0.1) is 0 Å². The molecule has 2 fully saturated rings. The summed E-state index contributed by atoms with van der Waals surface area (Å²) in [5, 5.41) is 4.13. The Bertz CT molecular complexity index is 528. The van der Waals surface area contributed by atoms with E-state index in [1.165, 1.54) is 0 Å². The maximum atomic E-state index is 12.3. The van der Waals surface area contributed by atoms with Crippen LogP contribution in [0.5, 0.6) is 0 Å². The maximum Gasteiger partial charge on any atom is 0.410 e. The van der Waals surface area contributed by atoms with Crippen molar-refractivity contribution >= 4 is 6.09 Å². The first-order valence-corrected chi connectivity index (χ1v) is 8.02. The summed E-state index contributed by atoms with van der Waals surface area (Å²) in [6, 6.07) is 1.85. The van der Waals surface area contributed by atoms with Crippen molar-refractivity contribution in [2.45, 2.75) is 64.2 Å². The van der Waals surface area contributed by atoms with Gasteiger partial charge in [-0.25, -0.2) is 4.79 Å². The molecule has 1 aromatic heterocycles. The molecule has 0 aromatic carbocycles. The van der Waals surface area contributed by atoms with E-state index in [1.54, 1.807) is 4.90 Å². The highest BCUT2D eigenvalue weighted by atomic mass is 16.6. The van der Waals surface area contributed by atoms with Crippen molar-refractivity contribution in [3.8, 4) is 0 Å². The number of hydrogen-bond acceptors (Lipinski definition) is 5. The lowest BCUT2D eigenvalue weighted by atomic mass is 10.1. The molecular weight excluding hydrogens is 284 g/mol. The molecule has 1 aromatic rings. The van der Waals surface area contributed by atoms with E-state index in [0.717, 1.165) is 43.7 Å². The number of nitrogens with zero attached hydrogens (tertiary/aromatic N) is 2. The van der Waals surface area contributed by atoms with Gasteiger partial charge in [-0.3, -0.25) is 4.90 Å². The van der Waals surface area contributed by atoms with Gasteiger partial charge in [0.25, 0.3) is 0 Å². The minimum absolute atomic E-state index is 0.0360. The van der Waals surface area contributed by atoms with E-state index in [1.807, 2.05) is 26.8 Å². The van der Waals surface area contributed by atoms with Gasteiger partial charge in [0.15, 0.2) is 5.76 Å². The first-order chi connectivity index (χ1) is 10.4. The van der Waals surface area contributed by atoms with E-state index in [2.05, 4.69) is 5.16 Å². The predicted molar refractivity (Wildman–Crippen MR) is 79.3 cm³/mol. The zero-order valence-electron chi connectivity index (χ0n) is 13.5. The van der Waals surface area contributed by atoms with Gasteiger partial charge in [-0.2, -0.15) is 0 Å². The van der Waals surface area contributed by atoms with Crippen LogP contribution in [0.4, 0.5) is 4.79 Å². The Balaban J connectivity index is 1.71. The van der Waals surface area contributed by atoms with Crippen LogP contribution in [0, 0.1) is 0 Å². The van der Waals surface area contributed by atoms with Crippen molar-refractivity contribution in [3.63, 3.8) is 0 Å². The van der Waals surface area contributed by atoms with Crippen LogP contribution >= 0.6 is 0 Å². The topological polar surface area (TPSA) is 64.8 Å². The highest BCUT2D eigenvalue weighted by molar-refractivity contribution is 5.69. The second-order valence-corrected chi connectivity index (χ2v) is 6.99. The summed E-state index contributed by atoms with van der Waals surface area (Å²) in [5.41, 5.74) is 0.345. The lowest BCUT2D eigenvalue weighted by molar-refractivity contribution is 0.0204. The molecule has 0 aliphatic carbocycles. The standard InChI is InChI=1S/C16H24N2O4/c1-16(2,3)21-15(19)18-8-4-6-12(18)14-10-11(17-22-14)13-7-5-9-20-13/h10,12-13H,4-9H2,1-3H3. The summed E-state index contributed by atoms with van der Waals surface area (Å²) in [5.74, 6) is 0.730. The normalized spacial score (nSPS) is 25.7. The molecule has 1 amide bonds. The average molecular weight is 308 g/mol. The van der Waals surface area contributed by atoms with E-state index >= 15 is 0 Å². The molecule has 2 atom stereocenters. The Kier molecular flexibility index (Phi) is 4.12. The summed E-state index contributed by atoms with van der Waals surface area (Å²) in [4.78, 5) is 14.1. The van der Waals surface area contributed by atoms with Gasteiger partial charge in [-0.05, 0) is 46.5 Å². The molecule has 3 rings (SSSR count). The number of carbonyl (C=O) groups is 1. The summed E-state index contributed by atoms with van der Waals surface area (Å²) in [6.45, 7) is 7.09. The first-order valence-electron chi connectivity index (χ1n) is 8.02. The van der Waals surface area contributed by atoms with Crippen LogP contribution in [-0.2, 0) is 9.47 Å². The lowest BCUT2D eigenvalue weighted by Crippen LogP contribution is -2.36. The Morgan fingerprint density at radius 3 is 2.86 bits per heavy atom. The molecule has 2 unspecified atom stereocenters. The molecule has 6 nitrogen and oxygen atoms in total. The van der Waals surface area contributed by atoms with Crippen molar-refractivity contribution < 1.29 is 18.8 Å². The molecule has 0 spiro atoms. The van der Waals surface area contributed by atoms with E-state index < -0.39 is 5.60 Å². The summed E-state index contributed by atoms with van der Waals surface area (Å²) in [6.07, 6.45) is 3.60. The zero-order chi connectivity index (χ0) is 15.7. The molecule has 2 saturated heterocycles. The highest BCUT2D eigenvalue weighted by Crippen LogP contribution is 2.36. The summed E-state index contributed by atoms with van der Waals surface area (Å²) < 4.78 is 16.6. The maximum absolute atomic E-state index is 12.3. The van der Waals surface area contributed by atoms with Crippen LogP contribution in [0.2, 0.25) is 0 Å². The van der Waals surface area contributed by atoms with Gasteiger partial charge in [0.2, 0.25) is 0 Å². The van der Waals surface area contributed by atoms with Crippen molar-refractivity contribution in [3.05, 3.63) is 17.5 Å². The van der Waals surface area contributed by atoms with Crippen LogP contribution in [-0.4, -0.2) is 34.9 Å². The van der Waals surface area contributed by atoms with Gasteiger partial charge in [-0.1, -0.05) is 5.16 Å². The number of likely N-dealkylation sites (tertiary alicyclic amines) is 1. The third-order valence-electron chi connectivity index (χ3n) is 4.02. The number of aromatic nitrogens is 1. The molecule has 3 heterocycles. The molecule has 122 valence electrons. The van der Waals surface area contributed by atoms with Gasteiger partial charge in [0.1, 0.15) is 17.4 Å². The Hall–Kier alpha value is -1.56. The second-order valence-electron chi connectivity index (χ2n) is 6.99. The van der Waals surface area contributed by atoms with E-state index in [4.69, 9.17) is 14.0 Å². The summed E-state index contributed by atoms with van der Waals surface area (Å²) >= 11 is 0. The largest absolute Gasteiger partial charge is 0.444 e. The molecular formula is C16H24N2O4. The van der Waals surface area contributed by atoms with Crippen LogP contribution in [0.1, 0.15) is 70.1 Å². The van der Waals surface area contributed by atoms with Gasteiger partial charge >= 0.3 is 6.09 Å². The number of hydrogen-bond donors (Lipinski definition) is 0. The third kappa shape index (κ3) is 3.27. The van der Waals surface area contributed by atoms with Gasteiger partial charge < -0.3 is 14.0 Å². The zero-order valence-corrected chi connectivity index (χ0v) is 13.5. The van der Waals surface area contributed by atoms with Crippen molar-refractivity contribution in [1.29, 1.82) is 0 Å². The first kappa shape index (κ1) is 15.3. The van der Waals surface area contributed by atoms with Crippen molar-refractivity contribution in [2.75, 3.05) is 13.2 Å². The molecule has 2 aliphatic heterocycles. The Morgan fingerprint density at radius 2 is 2.18 bits per heavy atom.